The SMILES string of the molecule is Oc1ccc(Cc2nnc3ccc(-c4ccccc4)cn23)cc1.Oc1ccc(Cc2nnc3ccc(-c4ccccn4)cn23)cc1. The zero-order chi connectivity index (χ0) is 31.3. The molecule has 46 heavy (non-hydrogen) atoms. The number of fused-ring (bicyclic) bond motifs is 2. The number of hydrogen-bond acceptors (Lipinski definition) is 7. The van der Waals surface area contributed by atoms with Crippen LogP contribution in [0.2, 0.25) is 0 Å². The molecular weight excluding hydrogens is 574 g/mol. The maximum atomic E-state index is 9.38. The quantitative estimate of drug-likeness (QED) is 0.215. The van der Waals surface area contributed by atoms with Gasteiger partial charge in [-0.25, -0.2) is 0 Å². The van der Waals surface area contributed by atoms with Crippen molar-refractivity contribution in [3.63, 3.8) is 0 Å². The zero-order valence-electron chi connectivity index (χ0n) is 24.7. The van der Waals surface area contributed by atoms with E-state index in [0.29, 0.717) is 12.8 Å². The largest absolute Gasteiger partial charge is 0.508 e. The molecule has 0 atom stereocenters. The lowest BCUT2D eigenvalue weighted by Gasteiger charge is -2.05. The maximum absolute atomic E-state index is 9.38. The van der Waals surface area contributed by atoms with Gasteiger partial charge in [0.25, 0.3) is 0 Å². The molecule has 0 amide bonds. The summed E-state index contributed by atoms with van der Waals surface area (Å²) in [6.07, 6.45) is 7.17. The van der Waals surface area contributed by atoms with Gasteiger partial charge in [-0.3, -0.25) is 13.8 Å². The molecule has 0 aliphatic heterocycles. The van der Waals surface area contributed by atoms with E-state index in [-0.39, 0.29) is 11.5 Å². The summed E-state index contributed by atoms with van der Waals surface area (Å²) in [5.74, 6) is 2.26. The minimum Gasteiger partial charge on any atom is -0.508 e. The van der Waals surface area contributed by atoms with Gasteiger partial charge in [0.05, 0.1) is 5.69 Å². The highest BCUT2D eigenvalue weighted by Crippen LogP contribution is 2.22. The lowest BCUT2D eigenvalue weighted by Crippen LogP contribution is -1.97. The Bertz CT molecular complexity index is 2050. The molecule has 0 aliphatic rings. The Balaban J connectivity index is 0.000000147. The van der Waals surface area contributed by atoms with Gasteiger partial charge in [0, 0.05) is 37.0 Å². The Morgan fingerprint density at radius 2 is 0.978 bits per heavy atom. The highest BCUT2D eigenvalue weighted by atomic mass is 16.3. The van der Waals surface area contributed by atoms with Crippen molar-refractivity contribution in [1.29, 1.82) is 0 Å². The first-order chi connectivity index (χ1) is 22.6. The van der Waals surface area contributed by atoms with Gasteiger partial charge in [-0.1, -0.05) is 60.7 Å². The summed E-state index contributed by atoms with van der Waals surface area (Å²) in [7, 11) is 0. The summed E-state index contributed by atoms with van der Waals surface area (Å²) in [6, 6.07) is 38.4. The molecule has 9 nitrogen and oxygen atoms in total. The van der Waals surface area contributed by atoms with Crippen LogP contribution >= 0.6 is 0 Å². The van der Waals surface area contributed by atoms with Crippen molar-refractivity contribution in [2.75, 3.05) is 0 Å². The van der Waals surface area contributed by atoms with Gasteiger partial charge in [0.1, 0.15) is 23.1 Å². The van der Waals surface area contributed by atoms with Crippen LogP contribution in [0, 0.1) is 0 Å². The van der Waals surface area contributed by atoms with E-state index in [1.165, 1.54) is 5.56 Å². The molecule has 224 valence electrons. The van der Waals surface area contributed by atoms with E-state index >= 15 is 0 Å². The molecule has 8 aromatic rings. The van der Waals surface area contributed by atoms with Crippen LogP contribution in [-0.2, 0) is 12.8 Å². The Morgan fingerprint density at radius 3 is 1.52 bits per heavy atom. The molecule has 8 rings (SSSR count). The number of benzene rings is 3. The van der Waals surface area contributed by atoms with Crippen molar-refractivity contribution in [2.45, 2.75) is 12.8 Å². The molecule has 0 saturated heterocycles. The Kier molecular flexibility index (Phi) is 7.85. The minimum absolute atomic E-state index is 0.261. The van der Waals surface area contributed by atoms with Gasteiger partial charge in [0.15, 0.2) is 11.3 Å². The number of rotatable bonds is 6. The summed E-state index contributed by atoms with van der Waals surface area (Å²) in [6.45, 7) is 0. The van der Waals surface area contributed by atoms with E-state index in [1.807, 2.05) is 93.9 Å². The molecule has 5 heterocycles. The Hall–Kier alpha value is -6.35. The molecule has 0 radical (unpaired) electrons. The van der Waals surface area contributed by atoms with Crippen molar-refractivity contribution >= 4 is 11.3 Å². The van der Waals surface area contributed by atoms with Crippen LogP contribution in [0.5, 0.6) is 11.5 Å². The lowest BCUT2D eigenvalue weighted by molar-refractivity contribution is 0.474. The molecule has 2 N–H and O–H groups in total. The molecule has 0 spiro atoms. The van der Waals surface area contributed by atoms with Gasteiger partial charge in [-0.15, -0.1) is 20.4 Å². The van der Waals surface area contributed by atoms with Crippen LogP contribution in [0.4, 0.5) is 0 Å². The average molecular weight is 604 g/mol. The number of phenolic OH excluding ortho intramolecular Hbond substituents is 2. The zero-order valence-corrected chi connectivity index (χ0v) is 24.7. The third-order valence-corrected chi connectivity index (χ3v) is 7.61. The van der Waals surface area contributed by atoms with Crippen LogP contribution in [0.15, 0.2) is 140 Å². The minimum atomic E-state index is 0.261. The number of aromatic nitrogens is 7. The average Bonchev–Trinajstić information content (AvgIpc) is 3.71. The van der Waals surface area contributed by atoms with Gasteiger partial charge < -0.3 is 10.2 Å². The van der Waals surface area contributed by atoms with Crippen molar-refractivity contribution in [3.05, 3.63) is 163 Å². The fourth-order valence-corrected chi connectivity index (χ4v) is 5.20. The first-order valence-corrected chi connectivity index (χ1v) is 14.8. The van der Waals surface area contributed by atoms with E-state index in [4.69, 9.17) is 0 Å². The predicted octanol–water partition coefficient (Wildman–Crippen LogP) is 6.78. The molecule has 0 aliphatic carbocycles. The van der Waals surface area contributed by atoms with Crippen molar-refractivity contribution in [3.8, 4) is 33.9 Å². The molecule has 0 unspecified atom stereocenters. The molecule has 0 bridgehead atoms. The molecular formula is C37H29N7O2. The first-order valence-electron chi connectivity index (χ1n) is 14.8. The summed E-state index contributed by atoms with van der Waals surface area (Å²) in [5, 5.41) is 35.8. The summed E-state index contributed by atoms with van der Waals surface area (Å²) in [4.78, 5) is 4.38. The second-order valence-electron chi connectivity index (χ2n) is 10.8. The van der Waals surface area contributed by atoms with Gasteiger partial charge in [-0.05, 0) is 82.9 Å². The third kappa shape index (κ3) is 6.29. The van der Waals surface area contributed by atoms with E-state index in [0.717, 1.165) is 50.9 Å². The normalized spacial score (nSPS) is 11.0. The smallest absolute Gasteiger partial charge is 0.160 e. The molecule has 9 heteroatoms. The maximum Gasteiger partial charge on any atom is 0.160 e. The van der Waals surface area contributed by atoms with Crippen LogP contribution < -0.4 is 0 Å². The van der Waals surface area contributed by atoms with Gasteiger partial charge in [-0.2, -0.15) is 0 Å². The van der Waals surface area contributed by atoms with Crippen LogP contribution in [0.3, 0.4) is 0 Å². The Morgan fingerprint density at radius 1 is 0.457 bits per heavy atom. The van der Waals surface area contributed by atoms with Crippen molar-refractivity contribution in [2.24, 2.45) is 0 Å². The van der Waals surface area contributed by atoms with Gasteiger partial charge >= 0.3 is 0 Å². The predicted molar refractivity (Wildman–Crippen MR) is 176 cm³/mol. The van der Waals surface area contributed by atoms with Gasteiger partial charge in [0.2, 0.25) is 0 Å². The highest BCUT2D eigenvalue weighted by molar-refractivity contribution is 5.64. The fourth-order valence-electron chi connectivity index (χ4n) is 5.20. The van der Waals surface area contributed by atoms with Crippen molar-refractivity contribution < 1.29 is 10.2 Å². The Labute approximate surface area is 264 Å². The monoisotopic (exact) mass is 603 g/mol. The standard InChI is InChI=1S/C19H15N3O.C18H14N4O/c23-17-9-6-14(7-10-17)12-19-21-20-18-11-8-16(13-22(18)19)15-4-2-1-3-5-15;23-15-7-4-13(5-8-15)11-18-21-20-17-9-6-14(12-22(17)18)16-3-1-2-10-19-16/h1-11,13,23H,12H2;1-10,12,23H,11H2. The summed E-state index contributed by atoms with van der Waals surface area (Å²) < 4.78 is 4.01. The molecule has 0 saturated carbocycles. The fraction of sp³-hybridized carbons (Fsp3) is 0.0541. The van der Waals surface area contributed by atoms with E-state index in [9.17, 15) is 10.2 Å². The second kappa shape index (κ2) is 12.7. The molecule has 5 aromatic heterocycles. The number of nitrogens with zero attached hydrogens (tertiary/aromatic N) is 7. The highest BCUT2D eigenvalue weighted by Gasteiger charge is 2.10. The first kappa shape index (κ1) is 28.4. The summed E-state index contributed by atoms with van der Waals surface area (Å²) >= 11 is 0. The van der Waals surface area contributed by atoms with Crippen LogP contribution in [0.1, 0.15) is 22.8 Å². The lowest BCUT2D eigenvalue weighted by atomic mass is 10.1. The number of aromatic hydroxyl groups is 2. The number of hydrogen-bond donors (Lipinski definition) is 2. The van der Waals surface area contributed by atoms with E-state index in [2.05, 4.69) is 49.8 Å². The topological polar surface area (TPSA) is 114 Å². The van der Waals surface area contributed by atoms with Crippen LogP contribution in [-0.4, -0.2) is 44.4 Å². The van der Waals surface area contributed by atoms with E-state index < -0.39 is 0 Å². The molecule has 0 fully saturated rings. The van der Waals surface area contributed by atoms with E-state index in [1.54, 1.807) is 30.5 Å². The summed E-state index contributed by atoms with van der Waals surface area (Å²) in [5.41, 5.74) is 8.02. The molecule has 3 aromatic carbocycles. The number of phenols is 2. The third-order valence-electron chi connectivity index (χ3n) is 7.61. The van der Waals surface area contributed by atoms with Crippen LogP contribution in [0.25, 0.3) is 33.7 Å². The second-order valence-corrected chi connectivity index (χ2v) is 10.8. The van der Waals surface area contributed by atoms with Crippen molar-refractivity contribution in [1.82, 2.24) is 34.2 Å². The number of pyridine rings is 3.